The maximum atomic E-state index is 12.1. The SMILES string of the molecule is CO[C@H]1CC[C@H](Nc2ncc3c(N)ncc(-c4ccn(C)c(=O)c4)c3n2)CC1. The van der Waals surface area contributed by atoms with E-state index < -0.39 is 0 Å². The molecule has 0 aliphatic heterocycles. The Morgan fingerprint density at radius 3 is 2.71 bits per heavy atom. The normalized spacial score (nSPS) is 19.6. The van der Waals surface area contributed by atoms with Crippen molar-refractivity contribution >= 4 is 22.7 Å². The van der Waals surface area contributed by atoms with E-state index >= 15 is 0 Å². The number of rotatable bonds is 4. The molecule has 1 saturated carbocycles. The highest BCUT2D eigenvalue weighted by Crippen LogP contribution is 2.29. The Morgan fingerprint density at radius 1 is 1.21 bits per heavy atom. The molecule has 1 aliphatic carbocycles. The van der Waals surface area contributed by atoms with Crippen LogP contribution in [0.3, 0.4) is 0 Å². The van der Waals surface area contributed by atoms with Gasteiger partial charge < -0.3 is 20.4 Å². The Morgan fingerprint density at radius 2 is 2.00 bits per heavy atom. The van der Waals surface area contributed by atoms with Crippen molar-refractivity contribution < 1.29 is 4.74 Å². The summed E-state index contributed by atoms with van der Waals surface area (Å²) < 4.78 is 6.96. The van der Waals surface area contributed by atoms with Gasteiger partial charge in [-0.25, -0.2) is 15.0 Å². The number of methoxy groups -OCH3 is 1. The summed E-state index contributed by atoms with van der Waals surface area (Å²) >= 11 is 0. The molecule has 0 spiro atoms. The lowest BCUT2D eigenvalue weighted by atomic mass is 9.93. The summed E-state index contributed by atoms with van der Waals surface area (Å²) in [7, 11) is 3.48. The number of aryl methyl sites for hydroxylation is 1. The fourth-order valence-electron chi connectivity index (χ4n) is 3.66. The van der Waals surface area contributed by atoms with Gasteiger partial charge in [0.25, 0.3) is 5.56 Å². The maximum Gasteiger partial charge on any atom is 0.250 e. The number of nitrogens with zero attached hydrogens (tertiary/aromatic N) is 4. The molecule has 0 aromatic carbocycles. The monoisotopic (exact) mass is 380 g/mol. The average molecular weight is 380 g/mol. The summed E-state index contributed by atoms with van der Waals surface area (Å²) in [6.45, 7) is 0. The van der Waals surface area contributed by atoms with Gasteiger partial charge in [0.2, 0.25) is 5.95 Å². The highest BCUT2D eigenvalue weighted by atomic mass is 16.5. The van der Waals surface area contributed by atoms with Gasteiger partial charge in [-0.3, -0.25) is 4.79 Å². The zero-order valence-corrected chi connectivity index (χ0v) is 16.1. The van der Waals surface area contributed by atoms with E-state index in [1.807, 2.05) is 6.07 Å². The minimum Gasteiger partial charge on any atom is -0.383 e. The molecule has 3 heterocycles. The van der Waals surface area contributed by atoms with Crippen molar-refractivity contribution in [3.63, 3.8) is 0 Å². The van der Waals surface area contributed by atoms with Crippen LogP contribution in [0.15, 0.2) is 35.5 Å². The van der Waals surface area contributed by atoms with E-state index in [0.717, 1.165) is 36.8 Å². The highest BCUT2D eigenvalue weighted by Gasteiger charge is 2.21. The number of ether oxygens (including phenoxy) is 1. The average Bonchev–Trinajstić information content (AvgIpc) is 2.71. The van der Waals surface area contributed by atoms with Crippen LogP contribution >= 0.6 is 0 Å². The number of pyridine rings is 2. The van der Waals surface area contributed by atoms with Gasteiger partial charge in [-0.15, -0.1) is 0 Å². The summed E-state index contributed by atoms with van der Waals surface area (Å²) in [5.41, 5.74) is 8.14. The molecule has 4 rings (SSSR count). The van der Waals surface area contributed by atoms with Crippen LogP contribution in [0.5, 0.6) is 0 Å². The Kier molecular flexibility index (Phi) is 4.95. The van der Waals surface area contributed by atoms with Crippen molar-refractivity contribution in [2.75, 3.05) is 18.2 Å². The summed E-state index contributed by atoms with van der Waals surface area (Å²) in [4.78, 5) is 25.5. The lowest BCUT2D eigenvalue weighted by Gasteiger charge is -2.28. The smallest absolute Gasteiger partial charge is 0.250 e. The molecule has 3 N–H and O–H groups in total. The molecule has 3 aromatic heterocycles. The number of hydrogen-bond acceptors (Lipinski definition) is 7. The van der Waals surface area contributed by atoms with Gasteiger partial charge in [-0.1, -0.05) is 0 Å². The van der Waals surface area contributed by atoms with Gasteiger partial charge in [0.05, 0.1) is 17.0 Å². The van der Waals surface area contributed by atoms with E-state index in [2.05, 4.69) is 15.3 Å². The number of nitrogens with two attached hydrogens (primary N) is 1. The van der Waals surface area contributed by atoms with E-state index in [0.29, 0.717) is 34.8 Å². The Bertz CT molecular complexity index is 1060. The van der Waals surface area contributed by atoms with Crippen molar-refractivity contribution in [2.24, 2.45) is 7.05 Å². The standard InChI is InChI=1S/C20H24N6O2/c1-26-8-7-12(9-17(26)27)15-10-22-19(21)16-11-23-20(25-18(15)16)24-13-3-5-14(28-2)6-4-13/h7-11,13-14H,3-6H2,1-2H3,(H2,21,22)(H,23,24,25)/t13-,14-. The molecular weight excluding hydrogens is 356 g/mol. The van der Waals surface area contributed by atoms with Crippen LogP contribution in [-0.2, 0) is 11.8 Å². The summed E-state index contributed by atoms with van der Waals surface area (Å²) in [6.07, 6.45) is 9.50. The second kappa shape index (κ2) is 7.55. The molecular formula is C20H24N6O2. The molecule has 0 bridgehead atoms. The summed E-state index contributed by atoms with van der Waals surface area (Å²) in [6, 6.07) is 3.76. The fraction of sp³-hybridized carbons (Fsp3) is 0.400. The molecule has 0 unspecified atom stereocenters. The second-order valence-corrected chi connectivity index (χ2v) is 7.23. The minimum absolute atomic E-state index is 0.0928. The van der Waals surface area contributed by atoms with Crippen LogP contribution in [0.4, 0.5) is 11.8 Å². The van der Waals surface area contributed by atoms with Gasteiger partial charge in [0.1, 0.15) is 5.82 Å². The number of nitrogen functional groups attached to an aromatic ring is 1. The van der Waals surface area contributed by atoms with Crippen LogP contribution < -0.4 is 16.6 Å². The summed E-state index contributed by atoms with van der Waals surface area (Å²) in [5, 5.41) is 4.10. The topological polar surface area (TPSA) is 108 Å². The number of fused-ring (bicyclic) bond motifs is 1. The molecule has 1 fully saturated rings. The number of anilines is 2. The molecule has 0 amide bonds. The molecule has 8 nitrogen and oxygen atoms in total. The first-order valence-corrected chi connectivity index (χ1v) is 9.42. The van der Waals surface area contributed by atoms with Crippen LogP contribution in [0, 0.1) is 0 Å². The van der Waals surface area contributed by atoms with Gasteiger partial charge in [-0.2, -0.15) is 0 Å². The molecule has 28 heavy (non-hydrogen) atoms. The van der Waals surface area contributed by atoms with Crippen molar-refractivity contribution in [3.05, 3.63) is 41.1 Å². The molecule has 1 aliphatic rings. The van der Waals surface area contributed by atoms with Crippen molar-refractivity contribution in [1.29, 1.82) is 0 Å². The largest absolute Gasteiger partial charge is 0.383 e. The lowest BCUT2D eigenvalue weighted by Crippen LogP contribution is -2.29. The molecule has 146 valence electrons. The van der Waals surface area contributed by atoms with Crippen LogP contribution in [0.2, 0.25) is 0 Å². The van der Waals surface area contributed by atoms with Crippen LogP contribution in [-0.4, -0.2) is 38.8 Å². The third kappa shape index (κ3) is 3.55. The van der Waals surface area contributed by atoms with Crippen molar-refractivity contribution in [3.8, 4) is 11.1 Å². The quantitative estimate of drug-likeness (QED) is 0.715. The highest BCUT2D eigenvalue weighted by molar-refractivity contribution is 5.98. The van der Waals surface area contributed by atoms with E-state index in [4.69, 9.17) is 15.5 Å². The molecule has 3 aromatic rings. The minimum atomic E-state index is -0.0928. The molecule has 0 radical (unpaired) electrons. The predicted molar refractivity (Wildman–Crippen MR) is 109 cm³/mol. The van der Waals surface area contributed by atoms with Gasteiger partial charge in [-0.05, 0) is 37.3 Å². The molecule has 0 atom stereocenters. The first-order valence-electron chi connectivity index (χ1n) is 9.42. The molecule has 0 saturated heterocycles. The second-order valence-electron chi connectivity index (χ2n) is 7.23. The van der Waals surface area contributed by atoms with E-state index in [-0.39, 0.29) is 5.56 Å². The van der Waals surface area contributed by atoms with Gasteiger partial charge >= 0.3 is 0 Å². The predicted octanol–water partition coefficient (Wildman–Crippen LogP) is 2.34. The lowest BCUT2D eigenvalue weighted by molar-refractivity contribution is 0.0681. The van der Waals surface area contributed by atoms with Crippen LogP contribution in [0.1, 0.15) is 25.7 Å². The first kappa shape index (κ1) is 18.4. The maximum absolute atomic E-state index is 12.1. The zero-order chi connectivity index (χ0) is 19.7. The van der Waals surface area contributed by atoms with Crippen molar-refractivity contribution in [1.82, 2.24) is 19.5 Å². The Balaban J connectivity index is 1.69. The third-order valence-electron chi connectivity index (χ3n) is 5.41. The zero-order valence-electron chi connectivity index (χ0n) is 16.1. The summed E-state index contributed by atoms with van der Waals surface area (Å²) in [5.74, 6) is 0.929. The third-order valence-corrected chi connectivity index (χ3v) is 5.41. The van der Waals surface area contributed by atoms with E-state index in [1.165, 1.54) is 4.57 Å². The fourth-order valence-corrected chi connectivity index (χ4v) is 3.66. The van der Waals surface area contributed by atoms with Gasteiger partial charge in [0, 0.05) is 50.4 Å². The van der Waals surface area contributed by atoms with Crippen LogP contribution in [0.25, 0.3) is 22.0 Å². The Hall–Kier alpha value is -3.00. The van der Waals surface area contributed by atoms with Gasteiger partial charge in [0.15, 0.2) is 0 Å². The number of hydrogen-bond donors (Lipinski definition) is 2. The number of nitrogens with one attached hydrogen (secondary N) is 1. The van der Waals surface area contributed by atoms with E-state index in [1.54, 1.807) is 38.8 Å². The van der Waals surface area contributed by atoms with Crippen molar-refractivity contribution in [2.45, 2.75) is 37.8 Å². The first-order chi connectivity index (χ1) is 13.5. The van der Waals surface area contributed by atoms with E-state index in [9.17, 15) is 4.79 Å². The number of aromatic nitrogens is 4. The Labute approximate surface area is 162 Å². The molecule has 8 heteroatoms.